The van der Waals surface area contributed by atoms with Gasteiger partial charge in [0, 0.05) is 19.1 Å². The Morgan fingerprint density at radius 3 is 2.50 bits per heavy atom. The summed E-state index contributed by atoms with van der Waals surface area (Å²) in [5, 5.41) is 8.57. The summed E-state index contributed by atoms with van der Waals surface area (Å²) in [5.74, 6) is 0.173. The van der Waals surface area contributed by atoms with Gasteiger partial charge in [0.05, 0.1) is 19.1 Å². The van der Waals surface area contributed by atoms with Crippen LogP contribution in [0.5, 0.6) is 0 Å². The number of hydrogen-bond donors (Lipinski definition) is 1. The Balaban J connectivity index is 1.65. The number of carbonyl (C=O) groups is 1. The van der Waals surface area contributed by atoms with Gasteiger partial charge in [-0.2, -0.15) is 0 Å². The number of piperidine rings is 1. The maximum atomic E-state index is 10.4. The number of ether oxygens (including phenoxy) is 1. The van der Waals surface area contributed by atoms with Gasteiger partial charge in [0.1, 0.15) is 0 Å². The highest BCUT2D eigenvalue weighted by Crippen LogP contribution is 2.37. The van der Waals surface area contributed by atoms with E-state index in [1.807, 2.05) is 0 Å². The van der Waals surface area contributed by atoms with E-state index in [4.69, 9.17) is 9.84 Å². The van der Waals surface area contributed by atoms with Crippen molar-refractivity contribution < 1.29 is 14.6 Å². The van der Waals surface area contributed by atoms with E-state index < -0.39 is 5.97 Å². The Labute approximate surface area is 109 Å². The number of carboxylic acids is 1. The van der Waals surface area contributed by atoms with Crippen molar-refractivity contribution in [1.29, 1.82) is 0 Å². The molecule has 1 N–H and O–H groups in total. The fraction of sp³-hybridized carbons (Fsp3) is 0.929. The largest absolute Gasteiger partial charge is 0.481 e. The van der Waals surface area contributed by atoms with E-state index in [0.29, 0.717) is 6.61 Å². The van der Waals surface area contributed by atoms with Gasteiger partial charge in [-0.3, -0.25) is 9.69 Å². The van der Waals surface area contributed by atoms with Gasteiger partial charge in [-0.05, 0) is 38.0 Å². The lowest BCUT2D eigenvalue weighted by Gasteiger charge is -2.37. The molecule has 4 nitrogen and oxygen atoms in total. The molecule has 2 rings (SSSR count). The highest BCUT2D eigenvalue weighted by atomic mass is 16.5. The minimum absolute atomic E-state index is 0.125. The molecule has 0 aromatic heterocycles. The molecule has 1 aliphatic heterocycles. The molecule has 4 heteroatoms. The zero-order valence-electron chi connectivity index (χ0n) is 11.3. The highest BCUT2D eigenvalue weighted by Gasteiger charge is 2.35. The van der Waals surface area contributed by atoms with E-state index in [-0.39, 0.29) is 12.5 Å². The molecule has 0 radical (unpaired) electrons. The number of hydrogen-bond acceptors (Lipinski definition) is 3. The summed E-state index contributed by atoms with van der Waals surface area (Å²) in [6.45, 7) is 4.89. The lowest BCUT2D eigenvalue weighted by molar-refractivity contribution is -0.138. The van der Waals surface area contributed by atoms with Gasteiger partial charge in [-0.1, -0.05) is 6.92 Å². The molecular weight excluding hydrogens is 230 g/mol. The van der Waals surface area contributed by atoms with Crippen molar-refractivity contribution in [2.24, 2.45) is 5.92 Å². The summed E-state index contributed by atoms with van der Waals surface area (Å²) in [5.41, 5.74) is 0. The zero-order chi connectivity index (χ0) is 13.0. The highest BCUT2D eigenvalue weighted by molar-refractivity contribution is 5.66. The summed E-state index contributed by atoms with van der Waals surface area (Å²) in [6.07, 6.45) is 6.60. The SMILES string of the molecule is CCC(C1CC1)N1CCC(OCCC(=O)O)CC1. The molecule has 18 heavy (non-hydrogen) atoms. The number of carboxylic acid groups (broad SMARTS) is 1. The quantitative estimate of drug-likeness (QED) is 0.757. The van der Waals surface area contributed by atoms with Gasteiger partial charge >= 0.3 is 5.97 Å². The number of aliphatic carboxylic acids is 1. The van der Waals surface area contributed by atoms with Gasteiger partial charge in [-0.25, -0.2) is 0 Å². The van der Waals surface area contributed by atoms with Crippen LogP contribution in [0.15, 0.2) is 0 Å². The number of likely N-dealkylation sites (tertiary alicyclic amines) is 1. The molecule has 1 heterocycles. The van der Waals surface area contributed by atoms with Gasteiger partial charge in [0.15, 0.2) is 0 Å². The van der Waals surface area contributed by atoms with Crippen LogP contribution in [-0.2, 0) is 9.53 Å². The molecule has 0 aromatic rings. The van der Waals surface area contributed by atoms with Gasteiger partial charge in [-0.15, -0.1) is 0 Å². The van der Waals surface area contributed by atoms with Crippen LogP contribution in [0.4, 0.5) is 0 Å². The standard InChI is InChI=1S/C14H25NO3/c1-2-13(11-3-4-11)15-8-5-12(6-9-15)18-10-7-14(16)17/h11-13H,2-10H2,1H3,(H,16,17). The van der Waals surface area contributed by atoms with E-state index in [2.05, 4.69) is 11.8 Å². The molecule has 2 aliphatic rings. The van der Waals surface area contributed by atoms with E-state index in [1.54, 1.807) is 0 Å². The van der Waals surface area contributed by atoms with E-state index in [1.165, 1.54) is 19.3 Å². The first kappa shape index (κ1) is 13.8. The number of nitrogens with zero attached hydrogens (tertiary/aromatic N) is 1. The fourth-order valence-corrected chi connectivity index (χ4v) is 3.06. The molecule has 1 aliphatic carbocycles. The maximum Gasteiger partial charge on any atom is 0.305 e. The topological polar surface area (TPSA) is 49.8 Å². The normalized spacial score (nSPS) is 24.1. The molecule has 1 atom stereocenters. The van der Waals surface area contributed by atoms with Crippen LogP contribution < -0.4 is 0 Å². The lowest BCUT2D eigenvalue weighted by atomic mass is 10.0. The Morgan fingerprint density at radius 1 is 1.33 bits per heavy atom. The van der Waals surface area contributed by atoms with E-state index in [9.17, 15) is 4.79 Å². The Morgan fingerprint density at radius 2 is 2.00 bits per heavy atom. The van der Waals surface area contributed by atoms with Crippen LogP contribution in [0, 0.1) is 5.92 Å². The van der Waals surface area contributed by atoms with Crippen molar-refractivity contribution in [1.82, 2.24) is 4.90 Å². The average molecular weight is 255 g/mol. The monoisotopic (exact) mass is 255 g/mol. The van der Waals surface area contributed by atoms with Crippen molar-refractivity contribution in [3.05, 3.63) is 0 Å². The van der Waals surface area contributed by atoms with Crippen LogP contribution in [0.2, 0.25) is 0 Å². The smallest absolute Gasteiger partial charge is 0.305 e. The molecule has 1 saturated carbocycles. The third kappa shape index (κ3) is 3.95. The lowest BCUT2D eigenvalue weighted by Crippen LogP contribution is -2.44. The van der Waals surface area contributed by atoms with Gasteiger partial charge in [0.25, 0.3) is 0 Å². The first-order valence-electron chi connectivity index (χ1n) is 7.28. The van der Waals surface area contributed by atoms with Crippen molar-refractivity contribution in [2.75, 3.05) is 19.7 Å². The molecule has 0 bridgehead atoms. The summed E-state index contributed by atoms with van der Waals surface area (Å²) in [6, 6.07) is 0.782. The van der Waals surface area contributed by atoms with Crippen molar-refractivity contribution >= 4 is 5.97 Å². The van der Waals surface area contributed by atoms with Crippen LogP contribution in [0.3, 0.4) is 0 Å². The maximum absolute atomic E-state index is 10.4. The molecule has 1 saturated heterocycles. The van der Waals surface area contributed by atoms with Gasteiger partial charge < -0.3 is 9.84 Å². The van der Waals surface area contributed by atoms with Crippen molar-refractivity contribution in [2.45, 2.75) is 57.6 Å². The Bertz CT molecular complexity index is 270. The third-order valence-electron chi connectivity index (χ3n) is 4.20. The first-order chi connectivity index (χ1) is 8.70. The summed E-state index contributed by atoms with van der Waals surface area (Å²) in [7, 11) is 0. The molecule has 2 fully saturated rings. The second-order valence-electron chi connectivity index (χ2n) is 5.56. The zero-order valence-corrected chi connectivity index (χ0v) is 11.3. The average Bonchev–Trinajstić information content (AvgIpc) is 3.16. The minimum atomic E-state index is -0.771. The molecular formula is C14H25NO3. The molecule has 1 unspecified atom stereocenters. The predicted molar refractivity (Wildman–Crippen MR) is 69.6 cm³/mol. The van der Waals surface area contributed by atoms with E-state index in [0.717, 1.165) is 37.9 Å². The fourth-order valence-electron chi connectivity index (χ4n) is 3.06. The van der Waals surface area contributed by atoms with Crippen LogP contribution in [0.1, 0.15) is 45.4 Å². The van der Waals surface area contributed by atoms with Crippen LogP contribution >= 0.6 is 0 Å². The molecule has 0 aromatic carbocycles. The van der Waals surface area contributed by atoms with Crippen molar-refractivity contribution in [3.8, 4) is 0 Å². The second kappa shape index (κ2) is 6.53. The summed E-state index contributed by atoms with van der Waals surface area (Å²) in [4.78, 5) is 13.0. The molecule has 0 amide bonds. The minimum Gasteiger partial charge on any atom is -0.481 e. The van der Waals surface area contributed by atoms with Crippen LogP contribution in [0.25, 0.3) is 0 Å². The Hall–Kier alpha value is -0.610. The van der Waals surface area contributed by atoms with Crippen LogP contribution in [-0.4, -0.2) is 47.8 Å². The Kier molecular flexibility index (Phi) is 5.01. The summed E-state index contributed by atoms with van der Waals surface area (Å²) >= 11 is 0. The second-order valence-corrected chi connectivity index (χ2v) is 5.56. The summed E-state index contributed by atoms with van der Waals surface area (Å²) < 4.78 is 5.62. The van der Waals surface area contributed by atoms with Gasteiger partial charge in [0.2, 0.25) is 0 Å². The van der Waals surface area contributed by atoms with Crippen molar-refractivity contribution in [3.63, 3.8) is 0 Å². The first-order valence-corrected chi connectivity index (χ1v) is 7.28. The van der Waals surface area contributed by atoms with E-state index >= 15 is 0 Å². The molecule has 104 valence electrons. The third-order valence-corrected chi connectivity index (χ3v) is 4.20. The predicted octanol–water partition coefficient (Wildman–Crippen LogP) is 2.13. The number of rotatable bonds is 7. The molecule has 0 spiro atoms.